The minimum absolute atomic E-state index is 0.102. The molecule has 1 N–H and O–H groups in total. The maximum Gasteiger partial charge on any atom is 0.341 e. The molecule has 0 radical (unpaired) electrons. The molecule has 0 unspecified atom stereocenters. The average molecular weight is 374 g/mol. The van der Waals surface area contributed by atoms with E-state index in [0.717, 1.165) is 0 Å². The van der Waals surface area contributed by atoms with Crippen molar-refractivity contribution in [3.63, 3.8) is 0 Å². The van der Waals surface area contributed by atoms with E-state index in [9.17, 15) is 23.9 Å². The standard InChI is InChI=1S/C19H19FN2O5/c1-12(23)21-7-6-16-13(10-21)11-22(18(24)17(16)19(25)26)8-9-27-15-4-2-14(20)3-5-15/h2-5,11H,6-10H2,1H3,(H,25,26). The van der Waals surface area contributed by atoms with Crippen LogP contribution in [0.25, 0.3) is 0 Å². The van der Waals surface area contributed by atoms with Crippen LogP contribution in [-0.2, 0) is 24.3 Å². The summed E-state index contributed by atoms with van der Waals surface area (Å²) in [5.74, 6) is -1.31. The average Bonchev–Trinajstić information content (AvgIpc) is 2.63. The van der Waals surface area contributed by atoms with E-state index in [2.05, 4.69) is 0 Å². The second-order valence-electron chi connectivity index (χ2n) is 6.30. The lowest BCUT2D eigenvalue weighted by atomic mass is 9.96. The summed E-state index contributed by atoms with van der Waals surface area (Å²) < 4.78 is 19.7. The molecule has 1 aromatic heterocycles. The molecule has 0 saturated carbocycles. The maximum atomic E-state index is 12.9. The number of carbonyl (C=O) groups excluding carboxylic acids is 1. The Bertz CT molecular complexity index is 936. The third-order valence-corrected chi connectivity index (χ3v) is 4.54. The number of amides is 1. The van der Waals surface area contributed by atoms with Crippen molar-refractivity contribution in [3.8, 4) is 5.75 Å². The third-order valence-electron chi connectivity index (χ3n) is 4.54. The fourth-order valence-electron chi connectivity index (χ4n) is 3.16. The molecule has 0 bridgehead atoms. The predicted molar refractivity (Wildman–Crippen MR) is 94.4 cm³/mol. The number of rotatable bonds is 5. The molecule has 0 spiro atoms. The van der Waals surface area contributed by atoms with Crippen LogP contribution in [0.2, 0.25) is 0 Å². The highest BCUT2D eigenvalue weighted by Gasteiger charge is 2.26. The Morgan fingerprint density at radius 3 is 2.59 bits per heavy atom. The predicted octanol–water partition coefficient (Wildman–Crippen LogP) is 1.67. The molecule has 1 aliphatic rings. The second kappa shape index (κ2) is 7.61. The van der Waals surface area contributed by atoms with Crippen molar-refractivity contribution in [2.24, 2.45) is 0 Å². The van der Waals surface area contributed by atoms with Gasteiger partial charge in [0, 0.05) is 26.2 Å². The smallest absolute Gasteiger partial charge is 0.341 e. The number of benzene rings is 1. The quantitative estimate of drug-likeness (QED) is 0.860. The van der Waals surface area contributed by atoms with Gasteiger partial charge >= 0.3 is 5.97 Å². The van der Waals surface area contributed by atoms with Gasteiger partial charge in [0.25, 0.3) is 5.56 Å². The van der Waals surface area contributed by atoms with Gasteiger partial charge in [-0.2, -0.15) is 0 Å². The van der Waals surface area contributed by atoms with Gasteiger partial charge in [-0.05, 0) is 41.8 Å². The van der Waals surface area contributed by atoms with Crippen molar-refractivity contribution in [2.45, 2.75) is 26.4 Å². The highest BCUT2D eigenvalue weighted by molar-refractivity contribution is 5.89. The monoisotopic (exact) mass is 374 g/mol. The maximum absolute atomic E-state index is 12.9. The summed E-state index contributed by atoms with van der Waals surface area (Å²) in [7, 11) is 0. The number of ether oxygens (including phenoxy) is 1. The van der Waals surface area contributed by atoms with Crippen molar-refractivity contribution in [1.29, 1.82) is 0 Å². The van der Waals surface area contributed by atoms with Crippen LogP contribution in [0.15, 0.2) is 35.3 Å². The van der Waals surface area contributed by atoms with E-state index >= 15 is 0 Å². The van der Waals surface area contributed by atoms with Crippen LogP contribution in [0.3, 0.4) is 0 Å². The summed E-state index contributed by atoms with van der Waals surface area (Å²) in [6, 6.07) is 5.47. The lowest BCUT2D eigenvalue weighted by Gasteiger charge is -2.29. The fourth-order valence-corrected chi connectivity index (χ4v) is 3.16. The van der Waals surface area contributed by atoms with Crippen LogP contribution in [0.1, 0.15) is 28.4 Å². The summed E-state index contributed by atoms with van der Waals surface area (Å²) >= 11 is 0. The van der Waals surface area contributed by atoms with Gasteiger partial charge in [-0.1, -0.05) is 0 Å². The molecule has 0 atom stereocenters. The van der Waals surface area contributed by atoms with Gasteiger partial charge in [0.2, 0.25) is 5.91 Å². The zero-order valence-corrected chi connectivity index (χ0v) is 14.8. The van der Waals surface area contributed by atoms with Crippen molar-refractivity contribution in [3.05, 3.63) is 63.3 Å². The number of carboxylic acid groups (broad SMARTS) is 1. The van der Waals surface area contributed by atoms with Gasteiger partial charge in [-0.15, -0.1) is 0 Å². The molecule has 1 aliphatic heterocycles. The molecule has 0 aliphatic carbocycles. The molecule has 2 aromatic rings. The molecule has 142 valence electrons. The summed E-state index contributed by atoms with van der Waals surface area (Å²) in [5.41, 5.74) is 0.286. The molecule has 0 saturated heterocycles. The summed E-state index contributed by atoms with van der Waals surface area (Å²) in [4.78, 5) is 37.4. The normalized spacial score (nSPS) is 13.2. The largest absolute Gasteiger partial charge is 0.492 e. The summed E-state index contributed by atoms with van der Waals surface area (Å²) in [6.45, 7) is 2.35. The van der Waals surface area contributed by atoms with Crippen LogP contribution in [0.4, 0.5) is 4.39 Å². The molecule has 7 nitrogen and oxygen atoms in total. The Hall–Kier alpha value is -3.16. The van der Waals surface area contributed by atoms with Gasteiger partial charge in [0.1, 0.15) is 23.7 Å². The Balaban J connectivity index is 1.84. The second-order valence-corrected chi connectivity index (χ2v) is 6.30. The molecule has 8 heteroatoms. The van der Waals surface area contributed by atoms with Crippen LogP contribution in [0, 0.1) is 5.82 Å². The van der Waals surface area contributed by atoms with E-state index in [0.29, 0.717) is 29.8 Å². The molecule has 3 rings (SSSR count). The molecular formula is C19H19FN2O5. The van der Waals surface area contributed by atoms with E-state index in [1.54, 1.807) is 11.1 Å². The lowest BCUT2D eigenvalue weighted by molar-refractivity contribution is -0.129. The zero-order chi connectivity index (χ0) is 19.6. The topological polar surface area (TPSA) is 88.8 Å². The van der Waals surface area contributed by atoms with Crippen molar-refractivity contribution < 1.29 is 23.8 Å². The number of fused-ring (bicyclic) bond motifs is 1. The first-order valence-electron chi connectivity index (χ1n) is 8.49. The van der Waals surface area contributed by atoms with E-state index in [1.807, 2.05) is 0 Å². The van der Waals surface area contributed by atoms with Crippen LogP contribution in [-0.4, -0.2) is 39.6 Å². The number of pyridine rings is 1. The van der Waals surface area contributed by atoms with Crippen molar-refractivity contribution in [2.75, 3.05) is 13.2 Å². The summed E-state index contributed by atoms with van der Waals surface area (Å²) in [5, 5.41) is 9.49. The Kier molecular flexibility index (Phi) is 5.25. The molecule has 0 fully saturated rings. The first kappa shape index (κ1) is 18.6. The number of nitrogens with zero attached hydrogens (tertiary/aromatic N) is 2. The SMILES string of the molecule is CC(=O)N1CCc2c(cn(CCOc3ccc(F)cc3)c(=O)c2C(=O)O)C1. The number of hydrogen-bond acceptors (Lipinski definition) is 4. The number of carboxylic acids is 1. The van der Waals surface area contributed by atoms with E-state index < -0.39 is 11.5 Å². The highest BCUT2D eigenvalue weighted by atomic mass is 19.1. The molecular weight excluding hydrogens is 355 g/mol. The van der Waals surface area contributed by atoms with Crippen molar-refractivity contribution in [1.82, 2.24) is 9.47 Å². The van der Waals surface area contributed by atoms with Crippen molar-refractivity contribution >= 4 is 11.9 Å². The lowest BCUT2D eigenvalue weighted by Crippen LogP contribution is -2.39. The first-order chi connectivity index (χ1) is 12.9. The van der Waals surface area contributed by atoms with Crippen LogP contribution in [0.5, 0.6) is 5.75 Å². The first-order valence-corrected chi connectivity index (χ1v) is 8.49. The van der Waals surface area contributed by atoms with E-state index in [1.165, 1.54) is 35.8 Å². The molecule has 1 aromatic carbocycles. The van der Waals surface area contributed by atoms with Gasteiger partial charge < -0.3 is 19.3 Å². The third kappa shape index (κ3) is 3.99. The Morgan fingerprint density at radius 1 is 1.26 bits per heavy atom. The minimum Gasteiger partial charge on any atom is -0.492 e. The molecule has 2 heterocycles. The number of halogens is 1. The molecule has 1 amide bonds. The van der Waals surface area contributed by atoms with E-state index in [4.69, 9.17) is 4.74 Å². The number of hydrogen-bond donors (Lipinski definition) is 1. The summed E-state index contributed by atoms with van der Waals surface area (Å²) in [6.07, 6.45) is 1.92. The van der Waals surface area contributed by atoms with Crippen LogP contribution >= 0.6 is 0 Å². The van der Waals surface area contributed by atoms with Crippen LogP contribution < -0.4 is 10.3 Å². The van der Waals surface area contributed by atoms with Gasteiger partial charge in [-0.25, -0.2) is 9.18 Å². The highest BCUT2D eigenvalue weighted by Crippen LogP contribution is 2.21. The Labute approximate surface area is 154 Å². The van der Waals surface area contributed by atoms with Gasteiger partial charge in [-0.3, -0.25) is 9.59 Å². The van der Waals surface area contributed by atoms with Gasteiger partial charge in [0.05, 0.1) is 6.54 Å². The fraction of sp³-hybridized carbons (Fsp3) is 0.316. The van der Waals surface area contributed by atoms with E-state index in [-0.39, 0.29) is 37.0 Å². The minimum atomic E-state index is -1.28. The number of aromatic carboxylic acids is 1. The molecule has 27 heavy (non-hydrogen) atoms. The zero-order valence-electron chi connectivity index (χ0n) is 14.8. The Morgan fingerprint density at radius 2 is 1.96 bits per heavy atom. The van der Waals surface area contributed by atoms with Gasteiger partial charge in [0.15, 0.2) is 0 Å². The number of carbonyl (C=O) groups is 2. The number of aromatic nitrogens is 1.